The number of ether oxygens (including phenoxy) is 1. The van der Waals surface area contributed by atoms with Gasteiger partial charge in [0.25, 0.3) is 6.43 Å². The number of alkyl halides is 2. The van der Waals surface area contributed by atoms with E-state index < -0.39 is 13.0 Å². The van der Waals surface area contributed by atoms with E-state index in [-0.39, 0.29) is 0 Å². The first-order valence-corrected chi connectivity index (χ1v) is 11.3. The summed E-state index contributed by atoms with van der Waals surface area (Å²) in [6.45, 7) is 7.22. The van der Waals surface area contributed by atoms with Crippen LogP contribution < -0.4 is 10.1 Å². The fraction of sp³-hybridized carbons (Fsp3) is 0.222. The van der Waals surface area contributed by atoms with Crippen molar-refractivity contribution in [2.45, 2.75) is 26.8 Å². The Morgan fingerprint density at radius 2 is 1.92 bits per heavy atom. The second-order valence-electron chi connectivity index (χ2n) is 8.39. The Labute approximate surface area is 208 Å². The lowest BCUT2D eigenvalue weighted by Crippen LogP contribution is -2.06. The molecule has 0 aliphatic rings. The van der Waals surface area contributed by atoms with Gasteiger partial charge >= 0.3 is 0 Å². The minimum absolute atomic E-state index is 0.437. The highest BCUT2D eigenvalue weighted by molar-refractivity contribution is 5.74. The van der Waals surface area contributed by atoms with Gasteiger partial charge in [0.2, 0.25) is 0 Å². The number of hydrogen-bond donors (Lipinski definition) is 1. The highest BCUT2D eigenvalue weighted by atomic mass is 19.3. The number of rotatable bonds is 9. The van der Waals surface area contributed by atoms with E-state index in [1.54, 1.807) is 19.5 Å². The number of halogens is 2. The van der Waals surface area contributed by atoms with Gasteiger partial charge in [0.05, 0.1) is 30.9 Å². The summed E-state index contributed by atoms with van der Waals surface area (Å²) in [4.78, 5) is 8.53. The van der Waals surface area contributed by atoms with Crippen LogP contribution in [-0.4, -0.2) is 39.6 Å². The largest absolute Gasteiger partial charge is 0.495 e. The Balaban J connectivity index is 1.62. The van der Waals surface area contributed by atoms with Crippen molar-refractivity contribution < 1.29 is 13.5 Å². The van der Waals surface area contributed by atoms with E-state index in [1.165, 1.54) is 4.68 Å². The lowest BCUT2D eigenvalue weighted by molar-refractivity contribution is 0.122. The smallest absolute Gasteiger partial charge is 0.257 e. The zero-order valence-corrected chi connectivity index (χ0v) is 20.7. The van der Waals surface area contributed by atoms with E-state index >= 15 is 0 Å². The van der Waals surface area contributed by atoms with Gasteiger partial charge in [-0.05, 0) is 61.5 Å². The molecule has 9 heteroatoms. The summed E-state index contributed by atoms with van der Waals surface area (Å²) in [7, 11) is 3.59. The van der Waals surface area contributed by atoms with Crippen LogP contribution in [0.15, 0.2) is 65.8 Å². The average Bonchev–Trinajstić information content (AvgIpc) is 3.46. The van der Waals surface area contributed by atoms with E-state index in [0.717, 1.165) is 45.0 Å². The Morgan fingerprint density at radius 1 is 1.14 bits per heavy atom. The summed E-state index contributed by atoms with van der Waals surface area (Å²) in [5, 5.41) is 7.33. The molecule has 186 valence electrons. The second kappa shape index (κ2) is 10.6. The van der Waals surface area contributed by atoms with Gasteiger partial charge in [-0.2, -0.15) is 5.10 Å². The molecule has 7 nitrogen and oxygen atoms in total. The van der Waals surface area contributed by atoms with Crippen LogP contribution in [-0.2, 0) is 13.6 Å². The summed E-state index contributed by atoms with van der Waals surface area (Å²) in [6, 6.07) is 11.7. The molecule has 36 heavy (non-hydrogen) atoms. The molecular weight excluding hydrogens is 462 g/mol. The van der Waals surface area contributed by atoms with Gasteiger partial charge in [-0.3, -0.25) is 4.68 Å². The molecule has 4 rings (SSSR count). The first-order chi connectivity index (χ1) is 17.3. The fourth-order valence-corrected chi connectivity index (χ4v) is 3.86. The van der Waals surface area contributed by atoms with Crippen LogP contribution in [0.4, 0.5) is 14.5 Å². The Hall–Kier alpha value is -4.27. The van der Waals surface area contributed by atoms with Gasteiger partial charge in [0.15, 0.2) is 0 Å². The van der Waals surface area contributed by atoms with Crippen molar-refractivity contribution >= 4 is 18.5 Å². The third-order valence-electron chi connectivity index (χ3n) is 6.01. The highest BCUT2D eigenvalue weighted by Crippen LogP contribution is 2.32. The normalized spacial score (nSPS) is 11.7. The van der Waals surface area contributed by atoms with Gasteiger partial charge in [-0.15, -0.1) is 0 Å². The molecule has 0 radical (unpaired) electrons. The minimum atomic E-state index is -2.46. The average molecular weight is 491 g/mol. The van der Waals surface area contributed by atoms with Crippen molar-refractivity contribution in [3.63, 3.8) is 0 Å². The topological polar surface area (TPSA) is 69.3 Å². The quantitative estimate of drug-likeness (QED) is 0.294. The summed E-state index contributed by atoms with van der Waals surface area (Å²) in [6.07, 6.45) is 4.46. The predicted octanol–water partition coefficient (Wildman–Crippen LogP) is 5.95. The number of aliphatic imine (C=N–C) groups is 1. The van der Waals surface area contributed by atoms with Gasteiger partial charge in [0.1, 0.15) is 23.9 Å². The maximum absolute atomic E-state index is 12.7. The maximum atomic E-state index is 12.7. The standard InChI is InChI=1S/C27H28F2N6O/c1-17-6-7-19(22-13-32-35(15-22)16-26(28)29)10-21(17)12-27(30-3)33-23-9-8-20(11-25(23)36-5)24-14-31-18(2)34(24)4/h6-15,26,33H,3,16H2,1-2,4-5H3/b27-12+. The summed E-state index contributed by atoms with van der Waals surface area (Å²) >= 11 is 0. The zero-order valence-electron chi connectivity index (χ0n) is 20.7. The van der Waals surface area contributed by atoms with E-state index in [0.29, 0.717) is 11.6 Å². The first kappa shape index (κ1) is 24.8. The highest BCUT2D eigenvalue weighted by Gasteiger charge is 2.12. The van der Waals surface area contributed by atoms with Gasteiger partial charge in [-0.25, -0.2) is 18.8 Å². The van der Waals surface area contributed by atoms with Gasteiger partial charge in [-0.1, -0.05) is 18.2 Å². The Kier molecular flexibility index (Phi) is 7.28. The van der Waals surface area contributed by atoms with Crippen LogP contribution in [0.1, 0.15) is 17.0 Å². The molecule has 0 aliphatic carbocycles. The third kappa shape index (κ3) is 5.35. The van der Waals surface area contributed by atoms with Crippen LogP contribution in [0.2, 0.25) is 0 Å². The number of methoxy groups -OCH3 is 1. The maximum Gasteiger partial charge on any atom is 0.257 e. The van der Waals surface area contributed by atoms with Crippen LogP contribution in [0.5, 0.6) is 5.75 Å². The lowest BCUT2D eigenvalue weighted by Gasteiger charge is -2.14. The van der Waals surface area contributed by atoms with Crippen LogP contribution >= 0.6 is 0 Å². The zero-order chi connectivity index (χ0) is 25.8. The van der Waals surface area contributed by atoms with Crippen molar-refractivity contribution in [2.24, 2.45) is 12.0 Å². The molecule has 1 N–H and O–H groups in total. The molecule has 0 amide bonds. The molecule has 0 unspecified atom stereocenters. The van der Waals surface area contributed by atoms with Gasteiger partial charge < -0.3 is 14.6 Å². The number of aryl methyl sites for hydroxylation is 2. The molecule has 2 aromatic carbocycles. The number of hydrogen-bond acceptors (Lipinski definition) is 5. The van der Waals surface area contributed by atoms with Crippen molar-refractivity contribution in [1.82, 2.24) is 19.3 Å². The van der Waals surface area contributed by atoms with E-state index in [2.05, 4.69) is 27.1 Å². The fourth-order valence-electron chi connectivity index (χ4n) is 3.86. The second-order valence-corrected chi connectivity index (χ2v) is 8.39. The van der Waals surface area contributed by atoms with Crippen LogP contribution in [0.25, 0.3) is 28.5 Å². The molecule has 0 aliphatic heterocycles. The lowest BCUT2D eigenvalue weighted by atomic mass is 10.0. The van der Waals surface area contributed by atoms with Gasteiger partial charge in [0, 0.05) is 24.4 Å². The number of anilines is 1. The number of benzene rings is 2. The summed E-state index contributed by atoms with van der Waals surface area (Å²) in [5.74, 6) is 2.11. The monoisotopic (exact) mass is 490 g/mol. The van der Waals surface area contributed by atoms with E-state index in [1.807, 2.05) is 74.1 Å². The number of nitrogens with one attached hydrogen (secondary N) is 1. The molecule has 4 aromatic rings. The van der Waals surface area contributed by atoms with Crippen LogP contribution in [0, 0.1) is 13.8 Å². The molecule has 0 atom stereocenters. The molecule has 0 saturated carbocycles. The van der Waals surface area contributed by atoms with Crippen LogP contribution in [0.3, 0.4) is 0 Å². The predicted molar refractivity (Wildman–Crippen MR) is 139 cm³/mol. The SMILES string of the molecule is C=N/C(=C\c1cc(-c2cnn(CC(F)F)c2)ccc1C)Nc1ccc(-c2cnc(C)n2C)cc1OC. The molecule has 0 fully saturated rings. The molecule has 0 spiro atoms. The number of imidazole rings is 1. The molecule has 0 bridgehead atoms. The molecule has 0 saturated heterocycles. The minimum Gasteiger partial charge on any atom is -0.495 e. The first-order valence-electron chi connectivity index (χ1n) is 11.3. The van der Waals surface area contributed by atoms with Crippen molar-refractivity contribution in [1.29, 1.82) is 0 Å². The van der Waals surface area contributed by atoms with E-state index in [9.17, 15) is 8.78 Å². The van der Waals surface area contributed by atoms with Crippen molar-refractivity contribution in [3.05, 3.63) is 77.8 Å². The number of nitrogens with zero attached hydrogens (tertiary/aromatic N) is 5. The summed E-state index contributed by atoms with van der Waals surface area (Å²) < 4.78 is 34.3. The summed E-state index contributed by atoms with van der Waals surface area (Å²) in [5.41, 5.74) is 6.26. The number of aromatic nitrogens is 4. The molecule has 2 heterocycles. The van der Waals surface area contributed by atoms with E-state index in [4.69, 9.17) is 4.74 Å². The third-order valence-corrected chi connectivity index (χ3v) is 6.01. The Bertz CT molecular complexity index is 1420. The Morgan fingerprint density at radius 3 is 2.58 bits per heavy atom. The molecule has 2 aromatic heterocycles. The van der Waals surface area contributed by atoms with Crippen molar-refractivity contribution in [2.75, 3.05) is 12.4 Å². The molecular formula is C27H28F2N6O. The van der Waals surface area contributed by atoms with Crippen molar-refractivity contribution in [3.8, 4) is 28.1 Å².